The molecule has 0 saturated carbocycles. The minimum absolute atomic E-state index is 0.109. The molecule has 0 aromatic heterocycles. The number of likely N-dealkylation sites (tertiary alicyclic amines) is 1. The van der Waals surface area contributed by atoms with Gasteiger partial charge in [-0.1, -0.05) is 18.2 Å². The first-order valence-corrected chi connectivity index (χ1v) is 11.8. The molecule has 0 radical (unpaired) electrons. The topological polar surface area (TPSA) is 103 Å². The summed E-state index contributed by atoms with van der Waals surface area (Å²) in [5, 5.41) is 15.5. The molecule has 2 fully saturated rings. The Morgan fingerprint density at radius 2 is 1.94 bits per heavy atom. The fourth-order valence-corrected chi connectivity index (χ4v) is 5.68. The number of carboxylic acid groups (broad SMARTS) is 1. The molecule has 9 heteroatoms. The highest BCUT2D eigenvalue weighted by Crippen LogP contribution is 2.43. The van der Waals surface area contributed by atoms with E-state index in [0.29, 0.717) is 37.7 Å². The normalized spacial score (nSPS) is 25.1. The number of aliphatic carboxylic acids is 1. The lowest BCUT2D eigenvalue weighted by atomic mass is 9.85. The van der Waals surface area contributed by atoms with E-state index in [0.717, 1.165) is 42.9 Å². The lowest BCUT2D eigenvalue weighted by Gasteiger charge is -2.44. The van der Waals surface area contributed by atoms with Gasteiger partial charge in [-0.3, -0.25) is 9.69 Å². The first-order chi connectivity index (χ1) is 16.5. The van der Waals surface area contributed by atoms with Crippen molar-refractivity contribution < 1.29 is 24.2 Å². The maximum absolute atomic E-state index is 12.9. The number of para-hydroxylation sites is 1. The third-order valence-electron chi connectivity index (χ3n) is 7.52. The summed E-state index contributed by atoms with van der Waals surface area (Å²) in [5.74, 6) is 0.560. The quantitative estimate of drug-likeness (QED) is 0.628. The van der Waals surface area contributed by atoms with Gasteiger partial charge in [-0.05, 0) is 37.1 Å². The van der Waals surface area contributed by atoms with Crippen molar-refractivity contribution in [2.45, 2.75) is 36.9 Å². The van der Waals surface area contributed by atoms with Crippen LogP contribution in [0.1, 0.15) is 18.4 Å². The Morgan fingerprint density at radius 1 is 1.15 bits per heavy atom. The van der Waals surface area contributed by atoms with Gasteiger partial charge >= 0.3 is 5.97 Å². The molecule has 1 amide bonds. The summed E-state index contributed by atoms with van der Waals surface area (Å²) in [6, 6.07) is 13.2. The van der Waals surface area contributed by atoms with Gasteiger partial charge in [0.1, 0.15) is 24.3 Å². The van der Waals surface area contributed by atoms with Gasteiger partial charge in [0.25, 0.3) is 0 Å². The van der Waals surface area contributed by atoms with Crippen LogP contribution in [0.25, 0.3) is 0 Å². The van der Waals surface area contributed by atoms with Crippen LogP contribution in [0.2, 0.25) is 0 Å². The standard InChI is InChI=1S/C25H28N4O5/c30-23(31)20-12-18-19(27-20)6-7-21-22(18)34-17(14-33-21)13-28-10-8-25(9-11-28)24(32)26-15-29(25)16-4-2-1-3-5-16/h1-7,17,20,27H,8-15H2,(H,26,32)(H,30,31). The fraction of sp³-hybridized carbons (Fsp3) is 0.440. The highest BCUT2D eigenvalue weighted by atomic mass is 16.6. The number of amides is 1. The smallest absolute Gasteiger partial charge is 0.326 e. The molecule has 2 aromatic rings. The van der Waals surface area contributed by atoms with Crippen molar-refractivity contribution in [3.8, 4) is 11.5 Å². The van der Waals surface area contributed by atoms with Crippen LogP contribution in [0.3, 0.4) is 0 Å². The Labute approximate surface area is 197 Å². The number of piperidine rings is 1. The molecule has 6 rings (SSSR count). The van der Waals surface area contributed by atoms with Crippen molar-refractivity contribution in [2.75, 3.05) is 43.1 Å². The third-order valence-corrected chi connectivity index (χ3v) is 7.52. The zero-order valence-corrected chi connectivity index (χ0v) is 18.8. The van der Waals surface area contributed by atoms with Crippen LogP contribution in [0.5, 0.6) is 11.5 Å². The number of carboxylic acids is 1. The predicted octanol–water partition coefficient (Wildman–Crippen LogP) is 1.68. The summed E-state index contributed by atoms with van der Waals surface area (Å²) >= 11 is 0. The Bertz CT molecular complexity index is 1120. The van der Waals surface area contributed by atoms with Crippen LogP contribution < -0.4 is 25.0 Å². The van der Waals surface area contributed by atoms with E-state index < -0.39 is 17.6 Å². The molecule has 2 unspecified atom stereocenters. The monoisotopic (exact) mass is 464 g/mol. The Kier molecular flexibility index (Phi) is 5.02. The summed E-state index contributed by atoms with van der Waals surface area (Å²) in [7, 11) is 0. The molecule has 0 bridgehead atoms. The van der Waals surface area contributed by atoms with Crippen molar-refractivity contribution in [1.29, 1.82) is 0 Å². The van der Waals surface area contributed by atoms with Crippen molar-refractivity contribution >= 4 is 23.3 Å². The van der Waals surface area contributed by atoms with Gasteiger partial charge in [-0.25, -0.2) is 4.79 Å². The van der Waals surface area contributed by atoms with Crippen molar-refractivity contribution in [3.05, 3.63) is 48.0 Å². The number of nitrogens with zero attached hydrogens (tertiary/aromatic N) is 2. The molecule has 3 N–H and O–H groups in total. The molecule has 9 nitrogen and oxygen atoms in total. The van der Waals surface area contributed by atoms with E-state index in [4.69, 9.17) is 9.47 Å². The highest BCUT2D eigenvalue weighted by Gasteiger charge is 2.50. The third kappa shape index (κ3) is 3.42. The molecule has 34 heavy (non-hydrogen) atoms. The van der Waals surface area contributed by atoms with Crippen LogP contribution in [-0.4, -0.2) is 72.5 Å². The summed E-state index contributed by atoms with van der Waals surface area (Å²) < 4.78 is 12.3. The molecular formula is C25H28N4O5. The van der Waals surface area contributed by atoms with Crippen LogP contribution in [-0.2, 0) is 16.0 Å². The maximum atomic E-state index is 12.9. The van der Waals surface area contributed by atoms with Crippen LogP contribution in [0.15, 0.2) is 42.5 Å². The molecule has 4 aliphatic rings. The van der Waals surface area contributed by atoms with Gasteiger partial charge in [-0.15, -0.1) is 0 Å². The molecule has 178 valence electrons. The average molecular weight is 465 g/mol. The number of carbonyl (C=O) groups excluding carboxylic acids is 1. The van der Waals surface area contributed by atoms with Gasteiger partial charge in [0.2, 0.25) is 5.91 Å². The first kappa shape index (κ1) is 21.1. The number of carbonyl (C=O) groups is 2. The van der Waals surface area contributed by atoms with Gasteiger partial charge < -0.3 is 30.1 Å². The molecule has 4 heterocycles. The second-order valence-corrected chi connectivity index (χ2v) is 9.47. The first-order valence-electron chi connectivity index (χ1n) is 11.8. The number of hydrogen-bond donors (Lipinski definition) is 3. The van der Waals surface area contributed by atoms with E-state index in [9.17, 15) is 14.7 Å². The van der Waals surface area contributed by atoms with E-state index in [1.807, 2.05) is 30.3 Å². The number of nitrogens with one attached hydrogen (secondary N) is 2. The minimum Gasteiger partial charge on any atom is -0.486 e. The zero-order valence-electron chi connectivity index (χ0n) is 18.8. The second-order valence-electron chi connectivity index (χ2n) is 9.47. The van der Waals surface area contributed by atoms with E-state index in [2.05, 4.69) is 32.6 Å². The van der Waals surface area contributed by atoms with Gasteiger partial charge in [0.15, 0.2) is 11.5 Å². The molecule has 1 spiro atoms. The number of fused-ring (bicyclic) bond motifs is 3. The summed E-state index contributed by atoms with van der Waals surface area (Å²) in [4.78, 5) is 28.9. The zero-order chi connectivity index (χ0) is 23.3. The Balaban J connectivity index is 1.12. The van der Waals surface area contributed by atoms with Crippen molar-refractivity contribution in [3.63, 3.8) is 0 Å². The van der Waals surface area contributed by atoms with Crippen molar-refractivity contribution in [1.82, 2.24) is 10.2 Å². The Morgan fingerprint density at radius 3 is 2.71 bits per heavy atom. The molecule has 2 saturated heterocycles. The number of rotatable bonds is 4. The van der Waals surface area contributed by atoms with E-state index in [-0.39, 0.29) is 12.0 Å². The summed E-state index contributed by atoms with van der Waals surface area (Å²) in [5.41, 5.74) is 2.22. The number of ether oxygens (including phenoxy) is 2. The average Bonchev–Trinajstić information content (AvgIpc) is 3.43. The van der Waals surface area contributed by atoms with E-state index in [1.165, 1.54) is 0 Å². The fourth-order valence-electron chi connectivity index (χ4n) is 5.68. The predicted molar refractivity (Wildman–Crippen MR) is 125 cm³/mol. The van der Waals surface area contributed by atoms with Crippen molar-refractivity contribution in [2.24, 2.45) is 0 Å². The summed E-state index contributed by atoms with van der Waals surface area (Å²) in [6.45, 7) is 3.26. The minimum atomic E-state index is -0.874. The summed E-state index contributed by atoms with van der Waals surface area (Å²) in [6.07, 6.45) is 1.72. The number of benzene rings is 2. The van der Waals surface area contributed by atoms with Gasteiger partial charge in [-0.2, -0.15) is 0 Å². The van der Waals surface area contributed by atoms with Gasteiger partial charge in [0.05, 0.1) is 6.67 Å². The number of anilines is 2. The van der Waals surface area contributed by atoms with Gasteiger partial charge in [0, 0.05) is 43.0 Å². The SMILES string of the molecule is O=C(O)C1Cc2c(ccc3c2OC(CN2CCC4(CC2)C(=O)NCN4c2ccccc2)CO3)N1. The molecule has 2 aromatic carbocycles. The van der Waals surface area contributed by atoms with Crippen LogP contribution in [0, 0.1) is 0 Å². The maximum Gasteiger partial charge on any atom is 0.326 e. The Hall–Kier alpha value is -3.46. The van der Waals surface area contributed by atoms with E-state index in [1.54, 1.807) is 0 Å². The highest BCUT2D eigenvalue weighted by molar-refractivity contribution is 5.93. The lowest BCUT2D eigenvalue weighted by Crippen LogP contribution is -2.57. The largest absolute Gasteiger partial charge is 0.486 e. The molecule has 0 aliphatic carbocycles. The van der Waals surface area contributed by atoms with Crippen LogP contribution >= 0.6 is 0 Å². The second kappa shape index (κ2) is 8.09. The lowest BCUT2D eigenvalue weighted by molar-refractivity contribution is -0.137. The number of hydrogen-bond acceptors (Lipinski definition) is 7. The molecule has 4 aliphatic heterocycles. The van der Waals surface area contributed by atoms with Crippen LogP contribution in [0.4, 0.5) is 11.4 Å². The van der Waals surface area contributed by atoms with E-state index >= 15 is 0 Å². The molecular weight excluding hydrogens is 436 g/mol. The molecule has 2 atom stereocenters.